The molecule has 0 aliphatic carbocycles. The molecule has 90 valence electrons. The van der Waals surface area contributed by atoms with Gasteiger partial charge in [-0.1, -0.05) is 0 Å². The summed E-state index contributed by atoms with van der Waals surface area (Å²) in [4.78, 5) is 10.4. The van der Waals surface area contributed by atoms with E-state index in [1.807, 2.05) is 13.1 Å². The molecular weight excluding hydrogens is 202 g/mol. The van der Waals surface area contributed by atoms with Gasteiger partial charge >= 0.3 is 0 Å². The fraction of sp³-hybridized carbons (Fsp3) is 0.636. The van der Waals surface area contributed by atoms with Crippen LogP contribution in [0.25, 0.3) is 0 Å². The predicted molar refractivity (Wildman–Crippen MR) is 67.8 cm³/mol. The van der Waals surface area contributed by atoms with E-state index >= 15 is 0 Å². The van der Waals surface area contributed by atoms with Crippen molar-refractivity contribution < 1.29 is 0 Å². The molecule has 1 rings (SSSR count). The molecule has 0 radical (unpaired) electrons. The first-order chi connectivity index (χ1) is 7.45. The van der Waals surface area contributed by atoms with E-state index in [4.69, 9.17) is 0 Å². The Hall–Kier alpha value is -1.36. The van der Waals surface area contributed by atoms with E-state index in [-0.39, 0.29) is 5.54 Å². The summed E-state index contributed by atoms with van der Waals surface area (Å²) in [6.07, 6.45) is 1.55. The molecule has 5 heteroatoms. The molecule has 0 fully saturated rings. The maximum Gasteiger partial charge on any atom is 0.131 e. The molecule has 0 bridgehead atoms. The van der Waals surface area contributed by atoms with E-state index < -0.39 is 0 Å². The lowest BCUT2D eigenvalue weighted by Crippen LogP contribution is -2.44. The van der Waals surface area contributed by atoms with E-state index in [9.17, 15) is 0 Å². The van der Waals surface area contributed by atoms with Gasteiger partial charge in [-0.3, -0.25) is 0 Å². The molecule has 0 unspecified atom stereocenters. The van der Waals surface area contributed by atoms with Crippen molar-refractivity contribution in [2.24, 2.45) is 0 Å². The highest BCUT2D eigenvalue weighted by Gasteiger charge is 2.19. The van der Waals surface area contributed by atoms with E-state index in [0.29, 0.717) is 0 Å². The molecule has 0 aromatic carbocycles. The summed E-state index contributed by atoms with van der Waals surface area (Å²) in [7, 11) is 5.98. The summed E-state index contributed by atoms with van der Waals surface area (Å²) in [6, 6.07) is 1.89. The number of nitrogens with zero attached hydrogens (tertiary/aromatic N) is 3. The minimum Gasteiger partial charge on any atom is -0.373 e. The van der Waals surface area contributed by atoms with Crippen LogP contribution in [0.5, 0.6) is 0 Å². The van der Waals surface area contributed by atoms with Crippen LogP contribution < -0.4 is 10.6 Å². The molecule has 1 aromatic heterocycles. The average Bonchev–Trinajstić information content (AvgIpc) is 2.26. The van der Waals surface area contributed by atoms with Crippen molar-refractivity contribution in [3.05, 3.63) is 12.4 Å². The van der Waals surface area contributed by atoms with Crippen molar-refractivity contribution >= 4 is 11.6 Å². The minimum absolute atomic E-state index is 0.0881. The highest BCUT2D eigenvalue weighted by atomic mass is 15.2. The molecule has 2 N–H and O–H groups in total. The first-order valence-electron chi connectivity index (χ1n) is 5.37. The molecule has 0 atom stereocenters. The van der Waals surface area contributed by atoms with Crippen LogP contribution in [-0.4, -0.2) is 48.1 Å². The largest absolute Gasteiger partial charge is 0.373 e. The van der Waals surface area contributed by atoms with Crippen molar-refractivity contribution in [2.75, 3.05) is 38.3 Å². The number of likely N-dealkylation sites (N-methyl/N-ethyl adjacent to an activating group) is 1. The Balaban J connectivity index is 2.60. The van der Waals surface area contributed by atoms with Gasteiger partial charge in [0.25, 0.3) is 0 Å². The Morgan fingerprint density at radius 2 is 1.88 bits per heavy atom. The van der Waals surface area contributed by atoms with Gasteiger partial charge in [0.15, 0.2) is 0 Å². The van der Waals surface area contributed by atoms with Gasteiger partial charge in [-0.25, -0.2) is 9.97 Å². The summed E-state index contributed by atoms with van der Waals surface area (Å²) >= 11 is 0. The van der Waals surface area contributed by atoms with E-state index in [1.54, 1.807) is 6.33 Å². The zero-order valence-corrected chi connectivity index (χ0v) is 10.7. The number of hydrogen-bond donors (Lipinski definition) is 2. The van der Waals surface area contributed by atoms with Gasteiger partial charge in [0.1, 0.15) is 18.0 Å². The quantitative estimate of drug-likeness (QED) is 0.787. The van der Waals surface area contributed by atoms with E-state index in [2.05, 4.69) is 53.4 Å². The fourth-order valence-corrected chi connectivity index (χ4v) is 1.06. The molecule has 5 nitrogen and oxygen atoms in total. The Kier molecular flexibility index (Phi) is 4.06. The van der Waals surface area contributed by atoms with Crippen molar-refractivity contribution in [3.8, 4) is 0 Å². The first-order valence-corrected chi connectivity index (χ1v) is 5.37. The smallest absolute Gasteiger partial charge is 0.131 e. The average molecular weight is 223 g/mol. The molecule has 0 aliphatic rings. The van der Waals surface area contributed by atoms with Crippen LogP contribution in [0.15, 0.2) is 12.4 Å². The van der Waals surface area contributed by atoms with Crippen molar-refractivity contribution in [1.29, 1.82) is 0 Å². The zero-order chi connectivity index (χ0) is 12.2. The van der Waals surface area contributed by atoms with Crippen molar-refractivity contribution in [2.45, 2.75) is 19.4 Å². The lowest BCUT2D eigenvalue weighted by molar-refractivity contribution is 0.210. The lowest BCUT2D eigenvalue weighted by Gasteiger charge is -2.32. The van der Waals surface area contributed by atoms with Crippen molar-refractivity contribution in [1.82, 2.24) is 14.9 Å². The molecule has 0 spiro atoms. The van der Waals surface area contributed by atoms with Crippen LogP contribution in [0.4, 0.5) is 11.6 Å². The molecule has 16 heavy (non-hydrogen) atoms. The normalized spacial score (nSPS) is 11.6. The summed E-state index contributed by atoms with van der Waals surface area (Å²) in [5.41, 5.74) is 0.0881. The summed E-state index contributed by atoms with van der Waals surface area (Å²) in [5, 5.41) is 6.29. The predicted octanol–water partition coefficient (Wildman–Crippen LogP) is 1.27. The lowest BCUT2D eigenvalue weighted by atomic mass is 10.0. The molecular formula is C11H21N5. The fourth-order valence-electron chi connectivity index (χ4n) is 1.06. The third-order valence-electron chi connectivity index (χ3n) is 2.84. The van der Waals surface area contributed by atoms with Gasteiger partial charge < -0.3 is 15.5 Å². The van der Waals surface area contributed by atoms with E-state index in [1.165, 1.54) is 0 Å². The van der Waals surface area contributed by atoms with Crippen molar-refractivity contribution in [3.63, 3.8) is 0 Å². The van der Waals surface area contributed by atoms with Crippen LogP contribution in [0.2, 0.25) is 0 Å². The van der Waals surface area contributed by atoms with Crippen LogP contribution in [-0.2, 0) is 0 Å². The molecule has 1 heterocycles. The van der Waals surface area contributed by atoms with Gasteiger partial charge in [0.2, 0.25) is 0 Å². The zero-order valence-electron chi connectivity index (χ0n) is 10.7. The minimum atomic E-state index is 0.0881. The van der Waals surface area contributed by atoms with Crippen LogP contribution >= 0.6 is 0 Å². The first kappa shape index (κ1) is 12.7. The Morgan fingerprint density at radius 3 is 2.44 bits per heavy atom. The monoisotopic (exact) mass is 223 g/mol. The Morgan fingerprint density at radius 1 is 1.25 bits per heavy atom. The third kappa shape index (κ3) is 3.34. The number of anilines is 2. The second kappa shape index (κ2) is 5.12. The van der Waals surface area contributed by atoms with Gasteiger partial charge in [-0.05, 0) is 27.9 Å². The molecule has 0 aliphatic heterocycles. The number of nitrogens with one attached hydrogen (secondary N) is 2. The number of aromatic nitrogens is 2. The Labute approximate surface area is 97.3 Å². The van der Waals surface area contributed by atoms with Gasteiger partial charge in [-0.15, -0.1) is 0 Å². The van der Waals surface area contributed by atoms with Crippen LogP contribution in [0.1, 0.15) is 13.8 Å². The second-order valence-electron chi connectivity index (χ2n) is 4.60. The Bertz CT molecular complexity index is 335. The summed E-state index contributed by atoms with van der Waals surface area (Å²) in [6.45, 7) is 5.19. The third-order valence-corrected chi connectivity index (χ3v) is 2.84. The van der Waals surface area contributed by atoms with E-state index in [0.717, 1.165) is 18.2 Å². The SMILES string of the molecule is CNc1cc(NCC(C)(C)N(C)C)ncn1. The number of rotatable bonds is 5. The van der Waals surface area contributed by atoms with Crippen LogP contribution in [0.3, 0.4) is 0 Å². The maximum absolute atomic E-state index is 4.17. The molecule has 1 aromatic rings. The highest BCUT2D eigenvalue weighted by molar-refractivity contribution is 5.46. The maximum atomic E-state index is 4.17. The number of hydrogen-bond acceptors (Lipinski definition) is 5. The topological polar surface area (TPSA) is 53.1 Å². The molecule has 0 amide bonds. The van der Waals surface area contributed by atoms with Gasteiger partial charge in [0, 0.05) is 25.2 Å². The van der Waals surface area contributed by atoms with Crippen LogP contribution in [0, 0.1) is 0 Å². The summed E-state index contributed by atoms with van der Waals surface area (Å²) in [5.74, 6) is 1.66. The molecule has 0 saturated carbocycles. The van der Waals surface area contributed by atoms with Gasteiger partial charge in [0.05, 0.1) is 0 Å². The second-order valence-corrected chi connectivity index (χ2v) is 4.60. The molecule has 0 saturated heterocycles. The summed E-state index contributed by atoms with van der Waals surface area (Å²) < 4.78 is 0. The highest BCUT2D eigenvalue weighted by Crippen LogP contribution is 2.13. The van der Waals surface area contributed by atoms with Gasteiger partial charge in [-0.2, -0.15) is 0 Å². The standard InChI is InChI=1S/C11H21N5/c1-11(2,16(4)5)7-13-10-6-9(12-3)14-8-15-10/h6,8H,7H2,1-5H3,(H2,12,13,14,15).